The third-order valence-corrected chi connectivity index (χ3v) is 1.65. The molecule has 1 aromatic carbocycles. The molecule has 4 heteroatoms. The highest BCUT2D eigenvalue weighted by molar-refractivity contribution is 5.89. The molecule has 0 atom stereocenters. The lowest BCUT2D eigenvalue weighted by molar-refractivity contribution is 0.0600. The molecule has 0 bridgehead atoms. The molecule has 0 aliphatic rings. The van der Waals surface area contributed by atoms with Crippen LogP contribution in [0.2, 0.25) is 0 Å². The summed E-state index contributed by atoms with van der Waals surface area (Å²) in [6.07, 6.45) is 0. The molecule has 0 heterocycles. The van der Waals surface area contributed by atoms with Crippen LogP contribution in [0.5, 0.6) is 0 Å². The van der Waals surface area contributed by atoms with E-state index in [0.717, 1.165) is 6.07 Å². The van der Waals surface area contributed by atoms with Crippen molar-refractivity contribution in [3.63, 3.8) is 0 Å². The average Bonchev–Trinajstić information content (AvgIpc) is 2.24. The third-order valence-electron chi connectivity index (χ3n) is 1.65. The Morgan fingerprint density at radius 2 is 2.27 bits per heavy atom. The summed E-state index contributed by atoms with van der Waals surface area (Å²) in [5.41, 5.74) is 5.72. The van der Waals surface area contributed by atoms with Crippen molar-refractivity contribution in [2.75, 3.05) is 13.7 Å². The summed E-state index contributed by atoms with van der Waals surface area (Å²) in [4.78, 5) is 11.1. The van der Waals surface area contributed by atoms with Gasteiger partial charge in [-0.25, -0.2) is 9.18 Å². The maximum Gasteiger partial charge on any atom is 0.337 e. The van der Waals surface area contributed by atoms with E-state index in [0.29, 0.717) is 5.56 Å². The topological polar surface area (TPSA) is 52.3 Å². The fourth-order valence-electron chi connectivity index (χ4n) is 1.05. The first-order valence-corrected chi connectivity index (χ1v) is 4.25. The van der Waals surface area contributed by atoms with Crippen LogP contribution < -0.4 is 5.73 Å². The first kappa shape index (κ1) is 11.2. The van der Waals surface area contributed by atoms with E-state index in [9.17, 15) is 9.18 Å². The minimum Gasteiger partial charge on any atom is -0.465 e. The number of rotatable bonds is 1. The molecule has 0 amide bonds. The molecular formula is C11H10FNO2. The van der Waals surface area contributed by atoms with Crippen LogP contribution in [0, 0.1) is 17.7 Å². The van der Waals surface area contributed by atoms with Gasteiger partial charge in [0.25, 0.3) is 0 Å². The summed E-state index contributed by atoms with van der Waals surface area (Å²) >= 11 is 0. The molecule has 0 aromatic heterocycles. The Morgan fingerprint density at radius 3 is 2.87 bits per heavy atom. The Bertz CT molecular complexity index is 432. The number of esters is 1. The molecule has 1 aromatic rings. The molecule has 0 saturated carbocycles. The van der Waals surface area contributed by atoms with Crippen molar-refractivity contribution >= 4 is 5.97 Å². The minimum atomic E-state index is -0.592. The van der Waals surface area contributed by atoms with Gasteiger partial charge in [0.05, 0.1) is 19.2 Å². The van der Waals surface area contributed by atoms with Crippen LogP contribution >= 0.6 is 0 Å². The molecule has 2 N–H and O–H groups in total. The van der Waals surface area contributed by atoms with Gasteiger partial charge in [-0.15, -0.1) is 0 Å². The number of nitrogens with two attached hydrogens (primary N) is 1. The van der Waals surface area contributed by atoms with E-state index in [1.165, 1.54) is 19.2 Å². The Balaban J connectivity index is 3.10. The van der Waals surface area contributed by atoms with E-state index < -0.39 is 11.8 Å². The monoisotopic (exact) mass is 207 g/mol. The SMILES string of the molecule is COC(=O)c1cc(F)cc(C#CCN)c1. The standard InChI is InChI=1S/C11H10FNO2/c1-15-11(14)9-5-8(3-2-4-13)6-10(12)7-9/h5-7H,4,13H2,1H3. The second kappa shape index (κ2) is 5.13. The number of carbonyl (C=O) groups is 1. The first-order chi connectivity index (χ1) is 7.17. The van der Waals surface area contributed by atoms with Crippen LogP contribution in [-0.4, -0.2) is 19.6 Å². The number of methoxy groups -OCH3 is 1. The number of halogens is 1. The van der Waals surface area contributed by atoms with Gasteiger partial charge in [-0.1, -0.05) is 11.8 Å². The van der Waals surface area contributed by atoms with Crippen molar-refractivity contribution in [2.45, 2.75) is 0 Å². The molecule has 15 heavy (non-hydrogen) atoms. The zero-order valence-corrected chi connectivity index (χ0v) is 8.21. The van der Waals surface area contributed by atoms with Gasteiger partial charge in [-0.05, 0) is 18.2 Å². The molecule has 1 rings (SSSR count). The Morgan fingerprint density at radius 1 is 1.53 bits per heavy atom. The lowest BCUT2D eigenvalue weighted by Gasteiger charge is -2.00. The third kappa shape index (κ3) is 3.08. The Kier molecular flexibility index (Phi) is 3.83. The summed E-state index contributed by atoms with van der Waals surface area (Å²) in [6.45, 7) is 0.185. The van der Waals surface area contributed by atoms with E-state index in [4.69, 9.17) is 5.73 Å². The fraction of sp³-hybridized carbons (Fsp3) is 0.182. The van der Waals surface area contributed by atoms with E-state index >= 15 is 0 Å². The van der Waals surface area contributed by atoms with E-state index in [1.54, 1.807) is 0 Å². The van der Waals surface area contributed by atoms with Crippen LogP contribution in [0.4, 0.5) is 4.39 Å². The number of hydrogen-bond acceptors (Lipinski definition) is 3. The van der Waals surface area contributed by atoms with E-state index in [-0.39, 0.29) is 12.1 Å². The second-order valence-corrected chi connectivity index (χ2v) is 2.73. The van der Waals surface area contributed by atoms with Crippen molar-refractivity contribution in [3.05, 3.63) is 35.1 Å². The van der Waals surface area contributed by atoms with Crippen molar-refractivity contribution < 1.29 is 13.9 Å². The van der Waals surface area contributed by atoms with Crippen LogP contribution in [-0.2, 0) is 4.74 Å². The number of benzene rings is 1. The van der Waals surface area contributed by atoms with Gasteiger partial charge < -0.3 is 10.5 Å². The van der Waals surface area contributed by atoms with Crippen molar-refractivity contribution in [1.82, 2.24) is 0 Å². The highest BCUT2D eigenvalue weighted by atomic mass is 19.1. The average molecular weight is 207 g/mol. The van der Waals surface area contributed by atoms with Gasteiger partial charge in [0, 0.05) is 5.56 Å². The maximum absolute atomic E-state index is 13.0. The summed E-state index contributed by atoms with van der Waals surface area (Å²) < 4.78 is 17.5. The predicted molar refractivity (Wildman–Crippen MR) is 53.7 cm³/mol. The second-order valence-electron chi connectivity index (χ2n) is 2.73. The van der Waals surface area contributed by atoms with Crippen molar-refractivity contribution in [2.24, 2.45) is 5.73 Å². The molecule has 0 fully saturated rings. The van der Waals surface area contributed by atoms with Gasteiger partial charge in [0.2, 0.25) is 0 Å². The molecule has 0 radical (unpaired) electrons. The zero-order valence-electron chi connectivity index (χ0n) is 8.21. The van der Waals surface area contributed by atoms with E-state index in [2.05, 4.69) is 16.6 Å². The quantitative estimate of drug-likeness (QED) is 0.550. The first-order valence-electron chi connectivity index (χ1n) is 4.25. The zero-order chi connectivity index (χ0) is 11.3. The highest BCUT2D eigenvalue weighted by Gasteiger charge is 2.07. The van der Waals surface area contributed by atoms with Gasteiger partial charge in [0.15, 0.2) is 0 Å². The van der Waals surface area contributed by atoms with Gasteiger partial charge in [0.1, 0.15) is 5.82 Å². The number of carbonyl (C=O) groups excluding carboxylic acids is 1. The predicted octanol–water partition coefficient (Wildman–Crippen LogP) is 0.923. The summed E-state index contributed by atoms with van der Waals surface area (Å²) in [6, 6.07) is 3.78. The summed E-state index contributed by atoms with van der Waals surface area (Å²) in [7, 11) is 1.23. The molecule has 0 unspecified atom stereocenters. The lowest BCUT2D eigenvalue weighted by Crippen LogP contribution is -2.02. The molecule has 3 nitrogen and oxygen atoms in total. The van der Waals surface area contributed by atoms with Crippen LogP contribution in [0.15, 0.2) is 18.2 Å². The Hall–Kier alpha value is -1.86. The summed E-state index contributed by atoms with van der Waals surface area (Å²) in [5.74, 6) is 4.10. The van der Waals surface area contributed by atoms with E-state index in [1.807, 2.05) is 0 Å². The van der Waals surface area contributed by atoms with Crippen molar-refractivity contribution in [1.29, 1.82) is 0 Å². The number of hydrogen-bond donors (Lipinski definition) is 1. The van der Waals surface area contributed by atoms with Crippen LogP contribution in [0.25, 0.3) is 0 Å². The lowest BCUT2D eigenvalue weighted by atomic mass is 10.1. The molecule has 0 saturated heterocycles. The van der Waals surface area contributed by atoms with Crippen LogP contribution in [0.3, 0.4) is 0 Å². The van der Waals surface area contributed by atoms with Crippen LogP contribution in [0.1, 0.15) is 15.9 Å². The largest absolute Gasteiger partial charge is 0.465 e. The normalized spacial score (nSPS) is 9.00. The van der Waals surface area contributed by atoms with Crippen molar-refractivity contribution in [3.8, 4) is 11.8 Å². The van der Waals surface area contributed by atoms with Gasteiger partial charge in [-0.2, -0.15) is 0 Å². The molecule has 78 valence electrons. The minimum absolute atomic E-state index is 0.138. The Labute approximate surface area is 87.0 Å². The fourth-order valence-corrected chi connectivity index (χ4v) is 1.05. The van der Waals surface area contributed by atoms with Gasteiger partial charge >= 0.3 is 5.97 Å². The maximum atomic E-state index is 13.0. The molecule has 0 aliphatic carbocycles. The summed E-state index contributed by atoms with van der Waals surface area (Å²) in [5, 5.41) is 0. The molecule has 0 aliphatic heterocycles. The number of ether oxygens (including phenoxy) is 1. The smallest absolute Gasteiger partial charge is 0.337 e. The molecular weight excluding hydrogens is 197 g/mol. The van der Waals surface area contributed by atoms with Gasteiger partial charge in [-0.3, -0.25) is 0 Å². The molecule has 0 spiro atoms. The highest BCUT2D eigenvalue weighted by Crippen LogP contribution is 2.09.